The zero-order valence-corrected chi connectivity index (χ0v) is 12.7. The Morgan fingerprint density at radius 1 is 1.13 bits per heavy atom. The smallest absolute Gasteiger partial charge is 0.264 e. The number of rotatable bonds is 4. The second-order valence-electron chi connectivity index (χ2n) is 5.63. The van der Waals surface area contributed by atoms with E-state index in [1.807, 2.05) is 0 Å². The lowest BCUT2D eigenvalue weighted by Crippen LogP contribution is -2.48. The Bertz CT molecular complexity index is 675. The van der Waals surface area contributed by atoms with Gasteiger partial charge >= 0.3 is 0 Å². The van der Waals surface area contributed by atoms with Gasteiger partial charge in [-0.3, -0.25) is 9.69 Å². The van der Waals surface area contributed by atoms with Crippen molar-refractivity contribution in [1.29, 1.82) is 0 Å². The van der Waals surface area contributed by atoms with Crippen LogP contribution < -0.4 is 10.5 Å². The largest absolute Gasteiger partial charge is 0.387 e. The minimum atomic E-state index is -0.631. The molecular formula is C16H19FN4O2. The number of aromatic nitrogens is 2. The van der Waals surface area contributed by atoms with Crippen LogP contribution in [0.25, 0.3) is 0 Å². The van der Waals surface area contributed by atoms with Gasteiger partial charge in [0.05, 0.1) is 6.10 Å². The summed E-state index contributed by atoms with van der Waals surface area (Å²) in [4.78, 5) is 15.3. The van der Waals surface area contributed by atoms with Crippen molar-refractivity contribution in [1.82, 2.24) is 15.1 Å². The molecule has 1 fully saturated rings. The predicted molar refractivity (Wildman–Crippen MR) is 84.9 cm³/mol. The molecule has 1 aromatic carbocycles. The van der Waals surface area contributed by atoms with Gasteiger partial charge in [-0.2, -0.15) is 5.10 Å². The van der Waals surface area contributed by atoms with E-state index in [9.17, 15) is 14.3 Å². The number of hydrogen-bond donors (Lipinski definition) is 2. The Morgan fingerprint density at radius 2 is 1.83 bits per heavy atom. The number of aliphatic hydroxyl groups is 1. The van der Waals surface area contributed by atoms with Crippen molar-refractivity contribution in [2.24, 2.45) is 0 Å². The molecule has 0 saturated carbocycles. The molecule has 3 rings (SSSR count). The third-order valence-corrected chi connectivity index (χ3v) is 4.05. The van der Waals surface area contributed by atoms with Crippen molar-refractivity contribution < 1.29 is 9.50 Å². The van der Waals surface area contributed by atoms with Crippen LogP contribution in [-0.2, 0) is 0 Å². The second kappa shape index (κ2) is 6.89. The highest BCUT2D eigenvalue weighted by Crippen LogP contribution is 2.17. The summed E-state index contributed by atoms with van der Waals surface area (Å²) in [6, 6.07) is 9.12. The van der Waals surface area contributed by atoms with Crippen molar-refractivity contribution in [2.75, 3.05) is 37.6 Å². The van der Waals surface area contributed by atoms with Gasteiger partial charge in [0.15, 0.2) is 0 Å². The number of nitrogens with zero attached hydrogens (tertiary/aromatic N) is 3. The molecule has 1 unspecified atom stereocenters. The highest BCUT2D eigenvalue weighted by Gasteiger charge is 2.20. The fourth-order valence-electron chi connectivity index (χ4n) is 2.71. The van der Waals surface area contributed by atoms with Crippen LogP contribution >= 0.6 is 0 Å². The first kappa shape index (κ1) is 15.6. The summed E-state index contributed by atoms with van der Waals surface area (Å²) in [6.07, 6.45) is -0.631. The molecule has 2 heterocycles. The lowest BCUT2D eigenvalue weighted by Gasteiger charge is -2.36. The summed E-state index contributed by atoms with van der Waals surface area (Å²) in [7, 11) is 0. The number of H-pyrrole nitrogens is 1. The Morgan fingerprint density at radius 3 is 2.43 bits per heavy atom. The fraction of sp³-hybridized carbons (Fsp3) is 0.375. The van der Waals surface area contributed by atoms with Crippen molar-refractivity contribution in [2.45, 2.75) is 6.10 Å². The van der Waals surface area contributed by atoms with Gasteiger partial charge in [0.2, 0.25) is 0 Å². The van der Waals surface area contributed by atoms with Gasteiger partial charge < -0.3 is 10.0 Å². The summed E-state index contributed by atoms with van der Waals surface area (Å²) in [5.74, 6) is 0.450. The lowest BCUT2D eigenvalue weighted by atomic mass is 10.1. The maximum absolute atomic E-state index is 12.9. The molecule has 2 N–H and O–H groups in total. The maximum Gasteiger partial charge on any atom is 0.264 e. The van der Waals surface area contributed by atoms with E-state index in [-0.39, 0.29) is 11.4 Å². The minimum absolute atomic E-state index is 0.213. The quantitative estimate of drug-likeness (QED) is 0.871. The van der Waals surface area contributed by atoms with Gasteiger partial charge in [-0.25, -0.2) is 9.49 Å². The average Bonchev–Trinajstić information content (AvgIpc) is 2.57. The number of benzene rings is 1. The van der Waals surface area contributed by atoms with Crippen LogP contribution in [0.2, 0.25) is 0 Å². The second-order valence-corrected chi connectivity index (χ2v) is 5.63. The first-order valence-electron chi connectivity index (χ1n) is 7.58. The van der Waals surface area contributed by atoms with E-state index in [1.54, 1.807) is 18.2 Å². The van der Waals surface area contributed by atoms with Crippen molar-refractivity contribution in [3.63, 3.8) is 0 Å². The molecule has 0 spiro atoms. The van der Waals surface area contributed by atoms with Gasteiger partial charge in [-0.15, -0.1) is 0 Å². The number of piperazine rings is 1. The van der Waals surface area contributed by atoms with Crippen LogP contribution in [0.15, 0.2) is 41.2 Å². The Balaban J connectivity index is 1.53. The van der Waals surface area contributed by atoms with E-state index in [2.05, 4.69) is 20.0 Å². The number of aliphatic hydroxyl groups excluding tert-OH is 1. The van der Waals surface area contributed by atoms with E-state index in [0.717, 1.165) is 37.6 Å². The normalized spacial score (nSPS) is 17.2. The molecule has 0 radical (unpaired) electrons. The van der Waals surface area contributed by atoms with Crippen molar-refractivity contribution >= 4 is 5.82 Å². The van der Waals surface area contributed by atoms with Crippen LogP contribution in [0.5, 0.6) is 0 Å². The van der Waals surface area contributed by atoms with Crippen LogP contribution in [0.1, 0.15) is 11.7 Å². The first-order chi connectivity index (χ1) is 11.1. The van der Waals surface area contributed by atoms with E-state index in [0.29, 0.717) is 6.54 Å². The van der Waals surface area contributed by atoms with Crippen LogP contribution in [0.3, 0.4) is 0 Å². The number of aromatic amines is 1. The van der Waals surface area contributed by atoms with Gasteiger partial charge in [0, 0.05) is 38.8 Å². The summed E-state index contributed by atoms with van der Waals surface area (Å²) < 4.78 is 12.9. The maximum atomic E-state index is 12.9. The van der Waals surface area contributed by atoms with Crippen molar-refractivity contribution in [3.8, 4) is 0 Å². The van der Waals surface area contributed by atoms with E-state index < -0.39 is 6.10 Å². The highest BCUT2D eigenvalue weighted by atomic mass is 19.1. The highest BCUT2D eigenvalue weighted by molar-refractivity contribution is 5.36. The zero-order chi connectivity index (χ0) is 16.2. The van der Waals surface area contributed by atoms with Gasteiger partial charge in [0.25, 0.3) is 5.56 Å². The summed E-state index contributed by atoms with van der Waals surface area (Å²) in [5.41, 5.74) is 0.505. The standard InChI is InChI=1S/C16H19FN4O2/c17-13-3-1-12(2-4-13)14(22)11-20-7-9-21(10-8-20)15-5-6-16(23)19-18-15/h1-6,14,22H,7-11H2,(H,19,23). The Hall–Kier alpha value is -2.25. The topological polar surface area (TPSA) is 72.5 Å². The third kappa shape index (κ3) is 3.94. The molecular weight excluding hydrogens is 299 g/mol. The molecule has 0 aliphatic carbocycles. The average molecular weight is 318 g/mol. The molecule has 0 amide bonds. The predicted octanol–water partition coefficient (Wildman–Crippen LogP) is 0.765. The molecule has 7 heteroatoms. The molecule has 1 aliphatic rings. The van der Waals surface area contributed by atoms with Gasteiger partial charge in [-0.05, 0) is 23.8 Å². The van der Waals surface area contributed by atoms with Crippen LogP contribution in [0, 0.1) is 5.82 Å². The Kier molecular flexibility index (Phi) is 4.68. The monoisotopic (exact) mass is 318 g/mol. The molecule has 1 aliphatic heterocycles. The van der Waals surface area contributed by atoms with Crippen molar-refractivity contribution in [3.05, 3.63) is 58.1 Å². The molecule has 1 atom stereocenters. The van der Waals surface area contributed by atoms with Gasteiger partial charge in [-0.1, -0.05) is 12.1 Å². The number of halogens is 1. The van der Waals surface area contributed by atoms with E-state index in [4.69, 9.17) is 0 Å². The lowest BCUT2D eigenvalue weighted by molar-refractivity contribution is 0.109. The number of nitrogens with one attached hydrogen (secondary N) is 1. The molecule has 6 nitrogen and oxygen atoms in total. The minimum Gasteiger partial charge on any atom is -0.387 e. The zero-order valence-electron chi connectivity index (χ0n) is 12.7. The van der Waals surface area contributed by atoms with Crippen LogP contribution in [0.4, 0.5) is 10.2 Å². The molecule has 2 aromatic rings. The molecule has 122 valence electrons. The SMILES string of the molecule is O=c1ccc(N2CCN(CC(O)c3ccc(F)cc3)CC2)n[nH]1. The molecule has 1 aromatic heterocycles. The number of β-amino-alcohol motifs (C(OH)–C–C–N with tert-alkyl or cyclic N) is 1. The summed E-state index contributed by atoms with van der Waals surface area (Å²) >= 11 is 0. The number of hydrogen-bond acceptors (Lipinski definition) is 5. The summed E-state index contributed by atoms with van der Waals surface area (Å²) in [6.45, 7) is 3.64. The van der Waals surface area contributed by atoms with Crippen LogP contribution in [-0.4, -0.2) is 52.9 Å². The molecule has 23 heavy (non-hydrogen) atoms. The van der Waals surface area contributed by atoms with Gasteiger partial charge in [0.1, 0.15) is 11.6 Å². The van der Waals surface area contributed by atoms with E-state index in [1.165, 1.54) is 18.2 Å². The fourth-order valence-corrected chi connectivity index (χ4v) is 2.71. The Labute approximate surface area is 133 Å². The third-order valence-electron chi connectivity index (χ3n) is 4.05. The number of anilines is 1. The molecule has 0 bridgehead atoms. The summed E-state index contributed by atoms with van der Waals surface area (Å²) in [5, 5.41) is 16.7. The van der Waals surface area contributed by atoms with E-state index >= 15 is 0 Å². The first-order valence-corrected chi connectivity index (χ1v) is 7.58. The molecule has 1 saturated heterocycles.